The fraction of sp³-hybridized carbons (Fsp3) is 0.286. The molecule has 0 saturated carbocycles. The van der Waals surface area contributed by atoms with E-state index in [4.69, 9.17) is 14.0 Å². The van der Waals surface area contributed by atoms with Crippen LogP contribution in [0.5, 0.6) is 5.75 Å². The number of carboxylic acids is 1. The van der Waals surface area contributed by atoms with E-state index in [0.717, 1.165) is 12.0 Å². The van der Waals surface area contributed by atoms with Crippen LogP contribution in [0, 0.1) is 5.92 Å². The van der Waals surface area contributed by atoms with Crippen LogP contribution in [-0.2, 0) is 11.2 Å². The van der Waals surface area contributed by atoms with E-state index in [1.165, 1.54) is 0 Å². The Morgan fingerprint density at radius 3 is 2.66 bits per heavy atom. The summed E-state index contributed by atoms with van der Waals surface area (Å²) < 4.78 is 16.2. The summed E-state index contributed by atoms with van der Waals surface area (Å²) in [6.45, 7) is 1.06. The summed E-state index contributed by atoms with van der Waals surface area (Å²) >= 11 is 0. The fourth-order valence-electron chi connectivity index (χ4n) is 3.48. The average Bonchev–Trinajstić information content (AvgIpc) is 3.36. The van der Waals surface area contributed by atoms with E-state index in [1.54, 1.807) is 43.8 Å². The molecule has 0 amide bonds. The summed E-state index contributed by atoms with van der Waals surface area (Å²) in [5, 5.41) is 17.0. The number of benzene rings is 1. The Kier molecular flexibility index (Phi) is 5.44. The summed E-state index contributed by atoms with van der Waals surface area (Å²) in [5.41, 5.74) is 1.77. The molecule has 1 saturated heterocycles. The maximum absolute atomic E-state index is 11.9. The topological polar surface area (TPSA) is 107 Å². The van der Waals surface area contributed by atoms with Crippen molar-refractivity contribution in [1.82, 2.24) is 10.1 Å². The monoisotopic (exact) mass is 395 g/mol. The predicted octanol–water partition coefficient (Wildman–Crippen LogP) is 3.11. The minimum atomic E-state index is -1.11. The van der Waals surface area contributed by atoms with Crippen LogP contribution in [-0.4, -0.2) is 47.6 Å². The molecular formula is C21H21N3O5. The third-order valence-electron chi connectivity index (χ3n) is 5.03. The van der Waals surface area contributed by atoms with Crippen molar-refractivity contribution in [1.29, 1.82) is 0 Å². The molecule has 1 aromatic carbocycles. The van der Waals surface area contributed by atoms with Crippen molar-refractivity contribution in [3.63, 3.8) is 0 Å². The molecule has 0 unspecified atom stereocenters. The van der Waals surface area contributed by atoms with Crippen molar-refractivity contribution in [2.24, 2.45) is 5.92 Å². The maximum atomic E-state index is 11.9. The summed E-state index contributed by atoms with van der Waals surface area (Å²) in [5.74, 6) is 0.153. The van der Waals surface area contributed by atoms with Gasteiger partial charge < -0.3 is 24.4 Å². The second kappa shape index (κ2) is 8.32. The van der Waals surface area contributed by atoms with Gasteiger partial charge in [-0.25, -0.2) is 4.79 Å². The SMILES string of the molecule is COc1ccc(-c2onc(N[C@H]3COC[C@H]3Cc3ccncc3)c2C(=O)O)cc1. The molecule has 2 atom stereocenters. The predicted molar refractivity (Wildman–Crippen MR) is 105 cm³/mol. The molecule has 29 heavy (non-hydrogen) atoms. The number of methoxy groups -OCH3 is 1. The molecule has 4 rings (SSSR count). The highest BCUT2D eigenvalue weighted by Crippen LogP contribution is 2.32. The minimum Gasteiger partial charge on any atom is -0.497 e. The first-order valence-corrected chi connectivity index (χ1v) is 9.26. The number of aromatic nitrogens is 2. The molecule has 3 heterocycles. The fourth-order valence-corrected chi connectivity index (χ4v) is 3.48. The zero-order valence-corrected chi connectivity index (χ0v) is 15.9. The van der Waals surface area contributed by atoms with E-state index in [-0.39, 0.29) is 29.1 Å². The molecule has 0 spiro atoms. The van der Waals surface area contributed by atoms with Crippen LogP contribution < -0.4 is 10.1 Å². The van der Waals surface area contributed by atoms with Gasteiger partial charge in [0.05, 0.1) is 26.4 Å². The van der Waals surface area contributed by atoms with Crippen molar-refractivity contribution in [3.8, 4) is 17.1 Å². The molecule has 0 aliphatic carbocycles. The Morgan fingerprint density at radius 2 is 1.97 bits per heavy atom. The molecule has 8 nitrogen and oxygen atoms in total. The molecule has 2 aromatic heterocycles. The van der Waals surface area contributed by atoms with Gasteiger partial charge in [-0.2, -0.15) is 0 Å². The van der Waals surface area contributed by atoms with E-state index >= 15 is 0 Å². The van der Waals surface area contributed by atoms with Crippen molar-refractivity contribution >= 4 is 11.8 Å². The van der Waals surface area contributed by atoms with E-state index in [1.807, 2.05) is 12.1 Å². The van der Waals surface area contributed by atoms with Crippen molar-refractivity contribution in [2.45, 2.75) is 12.5 Å². The van der Waals surface area contributed by atoms with Gasteiger partial charge in [0.2, 0.25) is 0 Å². The number of pyridine rings is 1. The molecule has 3 aromatic rings. The van der Waals surface area contributed by atoms with Gasteiger partial charge in [0.1, 0.15) is 5.75 Å². The van der Waals surface area contributed by atoms with Gasteiger partial charge in [0.15, 0.2) is 17.1 Å². The van der Waals surface area contributed by atoms with Gasteiger partial charge in [-0.1, -0.05) is 5.16 Å². The van der Waals surface area contributed by atoms with E-state index in [0.29, 0.717) is 24.5 Å². The second-order valence-electron chi connectivity index (χ2n) is 6.88. The van der Waals surface area contributed by atoms with Crippen LogP contribution in [0.4, 0.5) is 5.82 Å². The normalized spacial score (nSPS) is 18.5. The molecule has 0 radical (unpaired) electrons. The zero-order chi connectivity index (χ0) is 20.2. The first-order valence-electron chi connectivity index (χ1n) is 9.26. The number of carbonyl (C=O) groups is 1. The molecule has 2 N–H and O–H groups in total. The number of aromatic carboxylic acids is 1. The number of carboxylic acid groups (broad SMARTS) is 1. The van der Waals surface area contributed by atoms with Crippen LogP contribution in [0.15, 0.2) is 53.3 Å². The lowest BCUT2D eigenvalue weighted by molar-refractivity contribution is 0.0698. The largest absolute Gasteiger partial charge is 0.497 e. The number of hydrogen-bond acceptors (Lipinski definition) is 7. The van der Waals surface area contributed by atoms with Gasteiger partial charge in [0.25, 0.3) is 0 Å². The van der Waals surface area contributed by atoms with Crippen molar-refractivity contribution < 1.29 is 23.9 Å². The van der Waals surface area contributed by atoms with Crippen LogP contribution in [0.25, 0.3) is 11.3 Å². The summed E-state index contributed by atoms with van der Waals surface area (Å²) in [4.78, 5) is 16.0. The highest BCUT2D eigenvalue weighted by Gasteiger charge is 2.32. The Hall–Kier alpha value is -3.39. The molecule has 0 bridgehead atoms. The number of rotatable bonds is 7. The van der Waals surface area contributed by atoms with Gasteiger partial charge in [-0.05, 0) is 48.4 Å². The quantitative estimate of drug-likeness (QED) is 0.628. The van der Waals surface area contributed by atoms with Gasteiger partial charge >= 0.3 is 5.97 Å². The lowest BCUT2D eigenvalue weighted by atomic mass is 9.95. The molecule has 1 aliphatic heterocycles. The molecule has 150 valence electrons. The second-order valence-corrected chi connectivity index (χ2v) is 6.88. The number of hydrogen-bond donors (Lipinski definition) is 2. The molecule has 8 heteroatoms. The molecular weight excluding hydrogens is 374 g/mol. The lowest BCUT2D eigenvalue weighted by Crippen LogP contribution is -2.30. The van der Waals surface area contributed by atoms with Crippen molar-refractivity contribution in [2.75, 3.05) is 25.6 Å². The highest BCUT2D eigenvalue weighted by atomic mass is 16.5. The van der Waals surface area contributed by atoms with Crippen molar-refractivity contribution in [3.05, 3.63) is 59.9 Å². The van der Waals surface area contributed by atoms with Gasteiger partial charge in [0, 0.05) is 23.9 Å². The number of nitrogens with one attached hydrogen (secondary N) is 1. The average molecular weight is 395 g/mol. The standard InChI is InChI=1S/C21H21N3O5/c1-27-16-4-2-14(3-5-16)19-18(21(25)26)20(24-29-19)23-17-12-28-11-15(17)10-13-6-8-22-9-7-13/h2-9,15,17H,10-12H2,1H3,(H,23,24)(H,25,26)/t15-,17+/m1/s1. The lowest BCUT2D eigenvalue weighted by Gasteiger charge is -2.19. The van der Waals surface area contributed by atoms with E-state index in [2.05, 4.69) is 15.5 Å². The summed E-state index contributed by atoms with van der Waals surface area (Å²) in [7, 11) is 1.57. The highest BCUT2D eigenvalue weighted by molar-refractivity contribution is 5.99. The van der Waals surface area contributed by atoms with E-state index < -0.39 is 5.97 Å². The third-order valence-corrected chi connectivity index (χ3v) is 5.03. The first kappa shape index (κ1) is 18.9. The van der Waals surface area contributed by atoms with E-state index in [9.17, 15) is 9.90 Å². The Labute approximate surface area is 167 Å². The Bertz CT molecular complexity index is 972. The van der Waals surface area contributed by atoms with Gasteiger partial charge in [-0.15, -0.1) is 0 Å². The van der Waals surface area contributed by atoms with Crippen LogP contribution in [0.2, 0.25) is 0 Å². The number of ether oxygens (including phenoxy) is 2. The molecule has 1 fully saturated rings. The van der Waals surface area contributed by atoms with Crippen LogP contribution in [0.3, 0.4) is 0 Å². The number of nitrogens with zero attached hydrogens (tertiary/aromatic N) is 2. The minimum absolute atomic E-state index is 0.00438. The van der Waals surface area contributed by atoms with Crippen LogP contribution >= 0.6 is 0 Å². The third kappa shape index (κ3) is 4.07. The van der Waals surface area contributed by atoms with Crippen LogP contribution in [0.1, 0.15) is 15.9 Å². The number of anilines is 1. The Morgan fingerprint density at radius 1 is 1.21 bits per heavy atom. The maximum Gasteiger partial charge on any atom is 0.343 e. The first-order chi connectivity index (χ1) is 14.2. The molecule has 1 aliphatic rings. The summed E-state index contributed by atoms with van der Waals surface area (Å²) in [6, 6.07) is 10.8. The smallest absolute Gasteiger partial charge is 0.343 e. The Balaban J connectivity index is 1.56. The van der Waals surface area contributed by atoms with Gasteiger partial charge in [-0.3, -0.25) is 4.98 Å². The summed E-state index contributed by atoms with van der Waals surface area (Å²) in [6.07, 6.45) is 4.32. The zero-order valence-electron chi connectivity index (χ0n) is 15.9.